The summed E-state index contributed by atoms with van der Waals surface area (Å²) in [7, 11) is 0. The van der Waals surface area contributed by atoms with Gasteiger partial charge in [-0.1, -0.05) is 12.0 Å². The van der Waals surface area contributed by atoms with Crippen molar-refractivity contribution in [2.24, 2.45) is 0 Å². The lowest BCUT2D eigenvalue weighted by molar-refractivity contribution is 0.645. The Morgan fingerprint density at radius 2 is 2.43 bits per heavy atom. The summed E-state index contributed by atoms with van der Waals surface area (Å²) in [5, 5.41) is 13.9. The molecule has 0 aliphatic rings. The summed E-state index contributed by atoms with van der Waals surface area (Å²) in [5.41, 5.74) is 6.48. The number of thiazole rings is 1. The molecule has 0 radical (unpaired) electrons. The Bertz CT molecular complexity index is 419. The molecule has 2 N–H and O–H groups in total. The second-order valence-electron chi connectivity index (χ2n) is 2.78. The summed E-state index contributed by atoms with van der Waals surface area (Å²) >= 11 is 1.64. The maximum Gasteiger partial charge on any atom is 0.240 e. The van der Waals surface area contributed by atoms with Crippen molar-refractivity contribution in [1.29, 1.82) is 0 Å². The highest BCUT2D eigenvalue weighted by Gasteiger charge is 2.05. The zero-order valence-corrected chi connectivity index (χ0v) is 8.53. The summed E-state index contributed by atoms with van der Waals surface area (Å²) in [6.07, 6.45) is 0.954. The highest BCUT2D eigenvalue weighted by atomic mass is 32.1. The molecule has 0 atom stereocenters. The lowest BCUT2D eigenvalue weighted by atomic mass is 10.4. The van der Waals surface area contributed by atoms with Crippen molar-refractivity contribution in [2.75, 3.05) is 5.73 Å². The van der Waals surface area contributed by atoms with Crippen molar-refractivity contribution >= 4 is 17.3 Å². The van der Waals surface area contributed by atoms with Crippen molar-refractivity contribution in [3.63, 3.8) is 0 Å². The van der Waals surface area contributed by atoms with Crippen LogP contribution in [0, 0.1) is 0 Å². The third-order valence-electron chi connectivity index (χ3n) is 1.77. The molecule has 6 nitrogen and oxygen atoms in total. The Morgan fingerprint density at radius 1 is 1.57 bits per heavy atom. The van der Waals surface area contributed by atoms with Gasteiger partial charge < -0.3 is 5.73 Å². The maximum absolute atomic E-state index is 5.53. The van der Waals surface area contributed by atoms with Gasteiger partial charge in [0.1, 0.15) is 0 Å². The monoisotopic (exact) mass is 210 g/mol. The van der Waals surface area contributed by atoms with Crippen molar-refractivity contribution < 1.29 is 0 Å². The van der Waals surface area contributed by atoms with Gasteiger partial charge >= 0.3 is 0 Å². The van der Waals surface area contributed by atoms with E-state index in [-0.39, 0.29) is 0 Å². The summed E-state index contributed by atoms with van der Waals surface area (Å²) in [6.45, 7) is 2.61. The van der Waals surface area contributed by atoms with Crippen LogP contribution in [0.4, 0.5) is 5.95 Å². The molecule has 0 bridgehead atoms. The Hall–Kier alpha value is -1.50. The molecule has 7 heteroatoms. The van der Waals surface area contributed by atoms with Crippen molar-refractivity contribution in [1.82, 2.24) is 25.2 Å². The number of rotatable bonds is 3. The average molecular weight is 210 g/mol. The van der Waals surface area contributed by atoms with Crippen LogP contribution in [0.15, 0.2) is 5.38 Å². The van der Waals surface area contributed by atoms with Crippen LogP contribution in [0.25, 0.3) is 0 Å². The molecule has 2 rings (SSSR count). The van der Waals surface area contributed by atoms with E-state index in [1.165, 1.54) is 4.68 Å². The van der Waals surface area contributed by atoms with Gasteiger partial charge in [-0.15, -0.1) is 11.3 Å². The van der Waals surface area contributed by atoms with E-state index in [0.29, 0.717) is 12.5 Å². The SMILES string of the molecule is CCc1nc(Cn2nnnc2N)cs1. The molecule has 0 spiro atoms. The van der Waals surface area contributed by atoms with E-state index in [4.69, 9.17) is 5.73 Å². The van der Waals surface area contributed by atoms with Gasteiger partial charge in [-0.3, -0.25) is 0 Å². The molecular weight excluding hydrogens is 200 g/mol. The Kier molecular flexibility index (Phi) is 2.40. The average Bonchev–Trinajstić information content (AvgIpc) is 2.77. The molecule has 0 aliphatic carbocycles. The number of anilines is 1. The number of nitrogen functional groups attached to an aromatic ring is 1. The molecule has 0 aromatic carbocycles. The number of aryl methyl sites for hydroxylation is 1. The minimum atomic E-state index is 0.316. The fourth-order valence-corrected chi connectivity index (χ4v) is 1.80. The molecule has 2 aromatic heterocycles. The smallest absolute Gasteiger partial charge is 0.240 e. The van der Waals surface area contributed by atoms with Gasteiger partial charge in [0.2, 0.25) is 5.95 Å². The van der Waals surface area contributed by atoms with E-state index in [1.807, 2.05) is 5.38 Å². The van der Waals surface area contributed by atoms with Gasteiger partial charge in [-0.05, 0) is 16.8 Å². The quantitative estimate of drug-likeness (QED) is 0.789. The highest BCUT2D eigenvalue weighted by Crippen LogP contribution is 2.11. The molecule has 2 heterocycles. The Balaban J connectivity index is 2.15. The van der Waals surface area contributed by atoms with E-state index in [0.717, 1.165) is 17.1 Å². The van der Waals surface area contributed by atoms with Crippen molar-refractivity contribution in [3.05, 3.63) is 16.1 Å². The summed E-state index contributed by atoms with van der Waals surface area (Å²) in [6, 6.07) is 0. The molecule has 14 heavy (non-hydrogen) atoms. The maximum atomic E-state index is 5.53. The normalized spacial score (nSPS) is 10.6. The molecule has 2 aromatic rings. The fraction of sp³-hybridized carbons (Fsp3) is 0.429. The van der Waals surface area contributed by atoms with Crippen LogP contribution in [0.3, 0.4) is 0 Å². The van der Waals surface area contributed by atoms with Crippen LogP contribution >= 0.6 is 11.3 Å². The first kappa shape index (κ1) is 9.07. The highest BCUT2D eigenvalue weighted by molar-refractivity contribution is 7.09. The second-order valence-corrected chi connectivity index (χ2v) is 3.72. The summed E-state index contributed by atoms with van der Waals surface area (Å²) in [5.74, 6) is 0.316. The standard InChI is InChI=1S/C7H10N6S/c1-2-6-9-5(4-14-6)3-13-7(8)10-11-12-13/h4H,2-3H2,1H3,(H2,8,10,12). The van der Waals surface area contributed by atoms with E-state index in [1.54, 1.807) is 11.3 Å². The third kappa shape index (κ3) is 1.72. The predicted molar refractivity (Wildman–Crippen MR) is 52.8 cm³/mol. The number of nitrogens with zero attached hydrogens (tertiary/aromatic N) is 5. The predicted octanol–water partition coefficient (Wildman–Crippen LogP) is 0.322. The Labute approximate surface area is 84.8 Å². The summed E-state index contributed by atoms with van der Waals surface area (Å²) in [4.78, 5) is 4.39. The summed E-state index contributed by atoms with van der Waals surface area (Å²) < 4.78 is 1.52. The van der Waals surface area contributed by atoms with E-state index >= 15 is 0 Å². The molecule has 0 fully saturated rings. The number of aromatic nitrogens is 5. The fourth-order valence-electron chi connectivity index (χ4n) is 1.06. The first-order valence-corrected chi connectivity index (χ1v) is 5.12. The second kappa shape index (κ2) is 3.70. The van der Waals surface area contributed by atoms with Gasteiger partial charge in [0.05, 0.1) is 17.2 Å². The lowest BCUT2D eigenvalue weighted by Gasteiger charge is -1.96. The number of hydrogen-bond donors (Lipinski definition) is 1. The largest absolute Gasteiger partial charge is 0.367 e. The third-order valence-corrected chi connectivity index (χ3v) is 2.82. The number of hydrogen-bond acceptors (Lipinski definition) is 6. The molecule has 0 saturated carbocycles. The molecule has 0 aliphatic heterocycles. The Morgan fingerprint density at radius 3 is 3.00 bits per heavy atom. The molecule has 0 amide bonds. The number of tetrazole rings is 1. The van der Waals surface area contributed by atoms with E-state index < -0.39 is 0 Å². The lowest BCUT2D eigenvalue weighted by Crippen LogP contribution is -2.06. The van der Waals surface area contributed by atoms with Gasteiger partial charge in [-0.25, -0.2) is 9.67 Å². The minimum absolute atomic E-state index is 0.316. The zero-order valence-electron chi connectivity index (χ0n) is 7.71. The molecular formula is C7H10N6S. The zero-order chi connectivity index (χ0) is 9.97. The van der Waals surface area contributed by atoms with Gasteiger partial charge in [0.25, 0.3) is 0 Å². The van der Waals surface area contributed by atoms with Crippen LogP contribution in [0.2, 0.25) is 0 Å². The van der Waals surface area contributed by atoms with Crippen LogP contribution in [-0.2, 0) is 13.0 Å². The van der Waals surface area contributed by atoms with Crippen LogP contribution in [-0.4, -0.2) is 25.2 Å². The van der Waals surface area contributed by atoms with E-state index in [9.17, 15) is 0 Å². The van der Waals surface area contributed by atoms with E-state index in [2.05, 4.69) is 27.4 Å². The molecule has 0 saturated heterocycles. The van der Waals surface area contributed by atoms with Crippen molar-refractivity contribution in [2.45, 2.75) is 19.9 Å². The van der Waals surface area contributed by atoms with Crippen LogP contribution in [0.1, 0.15) is 17.6 Å². The molecule has 74 valence electrons. The van der Waals surface area contributed by atoms with Gasteiger partial charge in [0.15, 0.2) is 0 Å². The topological polar surface area (TPSA) is 82.5 Å². The van der Waals surface area contributed by atoms with Crippen LogP contribution in [0.5, 0.6) is 0 Å². The van der Waals surface area contributed by atoms with Crippen LogP contribution < -0.4 is 5.73 Å². The first-order valence-electron chi connectivity index (χ1n) is 4.24. The minimum Gasteiger partial charge on any atom is -0.367 e. The van der Waals surface area contributed by atoms with Gasteiger partial charge in [0, 0.05) is 5.38 Å². The number of nitrogens with two attached hydrogens (primary N) is 1. The first-order chi connectivity index (χ1) is 6.79. The molecule has 0 unspecified atom stereocenters. The van der Waals surface area contributed by atoms with Gasteiger partial charge in [-0.2, -0.15) is 0 Å². The van der Waals surface area contributed by atoms with Crippen molar-refractivity contribution in [3.8, 4) is 0 Å².